The van der Waals surface area contributed by atoms with Gasteiger partial charge < -0.3 is 15.2 Å². The van der Waals surface area contributed by atoms with Gasteiger partial charge in [0.05, 0.1) is 12.5 Å². The minimum absolute atomic E-state index is 0.0258. The summed E-state index contributed by atoms with van der Waals surface area (Å²) in [6, 6.07) is 6.96. The maximum atomic E-state index is 12.1. The topological polar surface area (TPSA) is 75.6 Å². The van der Waals surface area contributed by atoms with E-state index in [-0.39, 0.29) is 17.7 Å². The molecule has 1 amide bonds. The van der Waals surface area contributed by atoms with Crippen molar-refractivity contribution in [2.45, 2.75) is 32.6 Å². The van der Waals surface area contributed by atoms with Crippen LogP contribution in [-0.2, 0) is 4.79 Å². The van der Waals surface area contributed by atoms with Crippen molar-refractivity contribution in [3.8, 4) is 5.75 Å². The highest BCUT2D eigenvalue weighted by atomic mass is 16.5. The summed E-state index contributed by atoms with van der Waals surface area (Å²) in [5.41, 5.74) is 0.561. The zero-order valence-corrected chi connectivity index (χ0v) is 12.9. The van der Waals surface area contributed by atoms with Crippen LogP contribution in [0.25, 0.3) is 0 Å². The van der Waals surface area contributed by atoms with Gasteiger partial charge in [-0.1, -0.05) is 12.8 Å². The Bertz CT molecular complexity index is 512. The van der Waals surface area contributed by atoms with E-state index < -0.39 is 5.97 Å². The summed E-state index contributed by atoms with van der Waals surface area (Å²) in [6.07, 6.45) is 3.56. The van der Waals surface area contributed by atoms with E-state index in [4.69, 9.17) is 4.74 Å². The molecule has 2 rings (SSSR count). The second-order valence-electron chi connectivity index (χ2n) is 5.66. The number of hydrogen-bond donors (Lipinski definition) is 2. The Kier molecular flexibility index (Phi) is 5.81. The Balaban J connectivity index is 1.89. The van der Waals surface area contributed by atoms with Gasteiger partial charge >= 0.3 is 5.97 Å². The molecule has 1 aromatic carbocycles. The van der Waals surface area contributed by atoms with Gasteiger partial charge in [0.1, 0.15) is 5.75 Å². The lowest BCUT2D eigenvalue weighted by Crippen LogP contribution is -2.37. The maximum Gasteiger partial charge on any atom is 0.306 e. The zero-order chi connectivity index (χ0) is 15.9. The van der Waals surface area contributed by atoms with Crippen molar-refractivity contribution in [3.05, 3.63) is 29.8 Å². The molecule has 22 heavy (non-hydrogen) atoms. The minimum atomic E-state index is -0.750. The number of hydrogen-bond acceptors (Lipinski definition) is 3. The van der Waals surface area contributed by atoms with E-state index in [1.165, 1.54) is 0 Å². The highest BCUT2D eigenvalue weighted by Gasteiger charge is 2.30. The zero-order valence-electron chi connectivity index (χ0n) is 12.9. The van der Waals surface area contributed by atoms with Gasteiger partial charge in [-0.05, 0) is 49.9 Å². The summed E-state index contributed by atoms with van der Waals surface area (Å²) < 4.78 is 5.34. The highest BCUT2D eigenvalue weighted by Crippen LogP contribution is 2.29. The fourth-order valence-electron chi connectivity index (χ4n) is 2.97. The Labute approximate surface area is 130 Å². The first-order valence-corrected chi connectivity index (χ1v) is 7.85. The van der Waals surface area contributed by atoms with Gasteiger partial charge in [0, 0.05) is 12.1 Å². The molecule has 0 saturated heterocycles. The molecule has 0 aliphatic heterocycles. The maximum absolute atomic E-state index is 12.1. The van der Waals surface area contributed by atoms with Crippen molar-refractivity contribution in [2.75, 3.05) is 13.2 Å². The van der Waals surface area contributed by atoms with Gasteiger partial charge in [0.2, 0.25) is 0 Å². The number of carbonyl (C=O) groups is 2. The average molecular weight is 305 g/mol. The van der Waals surface area contributed by atoms with Gasteiger partial charge in [0.25, 0.3) is 5.91 Å². The van der Waals surface area contributed by atoms with E-state index in [2.05, 4.69) is 5.32 Å². The molecule has 0 spiro atoms. The van der Waals surface area contributed by atoms with Crippen molar-refractivity contribution < 1.29 is 19.4 Å². The molecule has 1 aromatic rings. The van der Waals surface area contributed by atoms with Gasteiger partial charge in [-0.3, -0.25) is 9.59 Å². The fraction of sp³-hybridized carbons (Fsp3) is 0.529. The summed E-state index contributed by atoms with van der Waals surface area (Å²) in [5.74, 6) is -0.498. The van der Waals surface area contributed by atoms with Crippen LogP contribution < -0.4 is 10.1 Å². The summed E-state index contributed by atoms with van der Waals surface area (Å²) in [5, 5.41) is 12.1. The van der Waals surface area contributed by atoms with Crippen LogP contribution in [0, 0.1) is 11.8 Å². The van der Waals surface area contributed by atoms with Crippen molar-refractivity contribution in [1.29, 1.82) is 0 Å². The molecule has 0 bridgehead atoms. The molecule has 5 heteroatoms. The third kappa shape index (κ3) is 4.23. The molecule has 0 aromatic heterocycles. The van der Waals surface area contributed by atoms with E-state index >= 15 is 0 Å². The average Bonchev–Trinajstić information content (AvgIpc) is 2.54. The van der Waals surface area contributed by atoms with Crippen LogP contribution in [0.15, 0.2) is 24.3 Å². The van der Waals surface area contributed by atoms with E-state index in [9.17, 15) is 14.7 Å². The van der Waals surface area contributed by atoms with Crippen molar-refractivity contribution in [3.63, 3.8) is 0 Å². The second kappa shape index (κ2) is 7.82. The summed E-state index contributed by atoms with van der Waals surface area (Å²) in [7, 11) is 0. The van der Waals surface area contributed by atoms with Gasteiger partial charge in [-0.15, -0.1) is 0 Å². The lowest BCUT2D eigenvalue weighted by Gasteiger charge is -2.28. The fourth-order valence-corrected chi connectivity index (χ4v) is 2.97. The predicted octanol–water partition coefficient (Wildman–Crippen LogP) is 2.71. The molecule has 1 aliphatic rings. The molecular formula is C17H23NO4. The van der Waals surface area contributed by atoms with Gasteiger partial charge in [-0.2, -0.15) is 0 Å². The normalized spacial score (nSPS) is 21.1. The number of amides is 1. The van der Waals surface area contributed by atoms with Gasteiger partial charge in [-0.25, -0.2) is 0 Å². The second-order valence-corrected chi connectivity index (χ2v) is 5.66. The van der Waals surface area contributed by atoms with Crippen molar-refractivity contribution in [1.82, 2.24) is 5.32 Å². The number of ether oxygens (including phenoxy) is 1. The minimum Gasteiger partial charge on any atom is -0.494 e. The molecule has 120 valence electrons. The molecule has 2 N–H and O–H groups in total. The van der Waals surface area contributed by atoms with Crippen LogP contribution in [0.5, 0.6) is 5.75 Å². The third-order valence-corrected chi connectivity index (χ3v) is 4.18. The van der Waals surface area contributed by atoms with Crippen LogP contribution in [0.3, 0.4) is 0 Å². The third-order valence-electron chi connectivity index (χ3n) is 4.18. The lowest BCUT2D eigenvalue weighted by molar-refractivity contribution is -0.144. The number of carbonyl (C=O) groups excluding carboxylic acids is 1. The van der Waals surface area contributed by atoms with Crippen LogP contribution in [0.2, 0.25) is 0 Å². The van der Waals surface area contributed by atoms with Crippen LogP contribution in [-0.4, -0.2) is 30.1 Å². The SMILES string of the molecule is CCOc1ccc(C(=O)NC[C@@H]2CCCC[C@@H]2C(=O)O)cc1. The molecular weight excluding hydrogens is 282 g/mol. The number of carboxylic acid groups (broad SMARTS) is 1. The van der Waals surface area contributed by atoms with E-state index in [0.717, 1.165) is 25.0 Å². The number of aliphatic carboxylic acids is 1. The quantitative estimate of drug-likeness (QED) is 0.847. The van der Waals surface area contributed by atoms with E-state index in [0.29, 0.717) is 25.1 Å². The summed E-state index contributed by atoms with van der Waals surface area (Å²) >= 11 is 0. The molecule has 1 aliphatic carbocycles. The monoisotopic (exact) mass is 305 g/mol. The molecule has 5 nitrogen and oxygen atoms in total. The van der Waals surface area contributed by atoms with E-state index in [1.54, 1.807) is 24.3 Å². The Morgan fingerprint density at radius 1 is 1.23 bits per heavy atom. The Morgan fingerprint density at radius 3 is 2.55 bits per heavy atom. The summed E-state index contributed by atoms with van der Waals surface area (Å²) in [4.78, 5) is 23.4. The molecule has 1 saturated carbocycles. The molecule has 0 unspecified atom stereocenters. The standard InChI is InChI=1S/C17H23NO4/c1-2-22-14-9-7-12(8-10-14)16(19)18-11-13-5-3-4-6-15(13)17(20)21/h7-10,13,15H,2-6,11H2,1H3,(H,18,19)(H,20,21)/t13-,15-/m0/s1. The number of benzene rings is 1. The molecule has 0 radical (unpaired) electrons. The first kappa shape index (κ1) is 16.3. The number of nitrogens with one attached hydrogen (secondary N) is 1. The Hall–Kier alpha value is -2.04. The predicted molar refractivity (Wildman–Crippen MR) is 83.0 cm³/mol. The number of carboxylic acids is 1. The first-order valence-electron chi connectivity index (χ1n) is 7.85. The molecule has 2 atom stereocenters. The van der Waals surface area contributed by atoms with Gasteiger partial charge in [0.15, 0.2) is 0 Å². The summed E-state index contributed by atoms with van der Waals surface area (Å²) in [6.45, 7) is 2.91. The smallest absolute Gasteiger partial charge is 0.306 e. The van der Waals surface area contributed by atoms with Crippen LogP contribution in [0.4, 0.5) is 0 Å². The lowest BCUT2D eigenvalue weighted by atomic mass is 9.79. The van der Waals surface area contributed by atoms with Crippen molar-refractivity contribution in [2.24, 2.45) is 11.8 Å². The van der Waals surface area contributed by atoms with E-state index in [1.807, 2.05) is 6.92 Å². The first-order chi connectivity index (χ1) is 10.6. The highest BCUT2D eigenvalue weighted by molar-refractivity contribution is 5.94. The van der Waals surface area contributed by atoms with Crippen LogP contribution >= 0.6 is 0 Å². The largest absolute Gasteiger partial charge is 0.494 e. The van der Waals surface area contributed by atoms with Crippen molar-refractivity contribution >= 4 is 11.9 Å². The molecule has 1 fully saturated rings. The number of rotatable bonds is 6. The van der Waals surface area contributed by atoms with Crippen LogP contribution in [0.1, 0.15) is 43.0 Å². The molecule has 0 heterocycles. The Morgan fingerprint density at radius 2 is 1.91 bits per heavy atom.